The standard InChI is InChI=1S/C12H21N3O3S/c1-8(2)10(17)15-3-4-19-12(15)6-14(7-12)11(18)9(13)5-16/h8-9,16H,3-7,13H2,1-2H3/t9-/m0/s1. The molecule has 0 bridgehead atoms. The van der Waals surface area contributed by atoms with Gasteiger partial charge in [0.15, 0.2) is 0 Å². The van der Waals surface area contributed by atoms with Gasteiger partial charge in [-0.15, -0.1) is 11.8 Å². The first kappa shape index (κ1) is 14.6. The van der Waals surface area contributed by atoms with Gasteiger partial charge in [-0.1, -0.05) is 13.8 Å². The zero-order valence-corrected chi connectivity index (χ0v) is 12.2. The largest absolute Gasteiger partial charge is 0.394 e. The second kappa shape index (κ2) is 5.30. The fraction of sp³-hybridized carbons (Fsp3) is 0.833. The lowest BCUT2D eigenvalue weighted by Gasteiger charge is -2.52. The average molecular weight is 287 g/mol. The molecule has 6 nitrogen and oxygen atoms in total. The van der Waals surface area contributed by atoms with Crippen molar-refractivity contribution in [2.24, 2.45) is 11.7 Å². The lowest BCUT2D eigenvalue weighted by atomic mass is 10.0. The van der Waals surface area contributed by atoms with Gasteiger partial charge in [0.2, 0.25) is 11.8 Å². The first-order valence-corrected chi connectivity index (χ1v) is 7.50. The Hall–Kier alpha value is -0.790. The summed E-state index contributed by atoms with van der Waals surface area (Å²) < 4.78 is 0. The summed E-state index contributed by atoms with van der Waals surface area (Å²) in [5.74, 6) is 0.785. The summed E-state index contributed by atoms with van der Waals surface area (Å²) in [6, 6.07) is -0.849. The number of amides is 2. The average Bonchev–Trinajstić information content (AvgIpc) is 2.78. The van der Waals surface area contributed by atoms with Crippen molar-refractivity contribution in [2.45, 2.75) is 24.8 Å². The number of nitrogens with zero attached hydrogens (tertiary/aromatic N) is 2. The van der Waals surface area contributed by atoms with Crippen LogP contribution in [0.4, 0.5) is 0 Å². The highest BCUT2D eigenvalue weighted by Crippen LogP contribution is 2.43. The number of rotatable bonds is 3. The van der Waals surface area contributed by atoms with E-state index in [9.17, 15) is 9.59 Å². The Labute approximate surface area is 117 Å². The minimum absolute atomic E-state index is 0.0278. The summed E-state index contributed by atoms with van der Waals surface area (Å²) in [7, 11) is 0. The minimum Gasteiger partial charge on any atom is -0.394 e. The highest BCUT2D eigenvalue weighted by Gasteiger charge is 2.54. The summed E-state index contributed by atoms with van der Waals surface area (Å²) >= 11 is 1.73. The number of carbonyl (C=O) groups excluding carboxylic acids is 2. The van der Waals surface area contributed by atoms with Crippen molar-refractivity contribution in [2.75, 3.05) is 32.0 Å². The molecule has 0 aromatic rings. The number of hydrogen-bond acceptors (Lipinski definition) is 5. The van der Waals surface area contributed by atoms with Crippen LogP contribution >= 0.6 is 11.8 Å². The molecule has 2 aliphatic rings. The minimum atomic E-state index is -0.849. The third-order valence-corrected chi connectivity index (χ3v) is 5.04. The predicted octanol–water partition coefficient (Wildman–Crippen LogP) is -0.924. The fourth-order valence-corrected chi connectivity index (χ4v) is 4.00. The molecule has 19 heavy (non-hydrogen) atoms. The van der Waals surface area contributed by atoms with E-state index in [-0.39, 0.29) is 29.2 Å². The molecule has 0 aliphatic carbocycles. The quantitative estimate of drug-likeness (QED) is 0.701. The molecular formula is C12H21N3O3S. The van der Waals surface area contributed by atoms with Gasteiger partial charge in [-0.2, -0.15) is 0 Å². The monoisotopic (exact) mass is 287 g/mol. The van der Waals surface area contributed by atoms with Gasteiger partial charge in [-0.3, -0.25) is 9.59 Å². The zero-order chi connectivity index (χ0) is 14.2. The lowest BCUT2D eigenvalue weighted by molar-refractivity contribution is -0.151. The molecule has 2 fully saturated rings. The van der Waals surface area contributed by atoms with Gasteiger partial charge in [0.25, 0.3) is 0 Å². The highest BCUT2D eigenvalue weighted by molar-refractivity contribution is 8.01. The highest BCUT2D eigenvalue weighted by atomic mass is 32.2. The van der Waals surface area contributed by atoms with Crippen molar-refractivity contribution in [3.63, 3.8) is 0 Å². The van der Waals surface area contributed by atoms with Crippen molar-refractivity contribution in [3.05, 3.63) is 0 Å². The first-order valence-electron chi connectivity index (χ1n) is 6.52. The summed E-state index contributed by atoms with van der Waals surface area (Å²) in [6.45, 7) is 5.22. The van der Waals surface area contributed by atoms with Crippen LogP contribution in [0.3, 0.4) is 0 Å². The SMILES string of the molecule is CC(C)C(=O)N1CCSC12CN(C(=O)[C@@H](N)CO)C2. The number of nitrogens with two attached hydrogens (primary N) is 1. The van der Waals surface area contributed by atoms with Crippen LogP contribution in [0, 0.1) is 5.92 Å². The van der Waals surface area contributed by atoms with Crippen molar-refractivity contribution >= 4 is 23.6 Å². The van der Waals surface area contributed by atoms with Crippen molar-refractivity contribution in [1.29, 1.82) is 0 Å². The van der Waals surface area contributed by atoms with E-state index in [1.165, 1.54) is 0 Å². The van der Waals surface area contributed by atoms with Crippen molar-refractivity contribution < 1.29 is 14.7 Å². The number of aliphatic hydroxyl groups excluding tert-OH is 1. The van der Waals surface area contributed by atoms with E-state index in [0.29, 0.717) is 13.1 Å². The summed E-state index contributed by atoms with van der Waals surface area (Å²) in [6.07, 6.45) is 0. The second-order valence-electron chi connectivity index (χ2n) is 5.42. The number of carbonyl (C=O) groups is 2. The molecule has 0 radical (unpaired) electrons. The van der Waals surface area contributed by atoms with Crippen LogP contribution in [-0.4, -0.2) is 69.6 Å². The molecule has 1 spiro atoms. The van der Waals surface area contributed by atoms with E-state index in [4.69, 9.17) is 10.8 Å². The van der Waals surface area contributed by atoms with Gasteiger partial charge in [-0.05, 0) is 0 Å². The number of hydrogen-bond donors (Lipinski definition) is 2. The number of thioether (sulfide) groups is 1. The third-order valence-electron chi connectivity index (χ3n) is 3.64. The van der Waals surface area contributed by atoms with E-state index in [0.717, 1.165) is 12.3 Å². The van der Waals surface area contributed by atoms with E-state index in [1.807, 2.05) is 18.7 Å². The fourth-order valence-electron chi connectivity index (χ4n) is 2.51. The second-order valence-corrected chi connectivity index (χ2v) is 6.88. The van der Waals surface area contributed by atoms with Gasteiger partial charge >= 0.3 is 0 Å². The molecule has 0 aromatic heterocycles. The van der Waals surface area contributed by atoms with Crippen molar-refractivity contribution in [1.82, 2.24) is 9.80 Å². The van der Waals surface area contributed by atoms with E-state index in [1.54, 1.807) is 16.7 Å². The normalized spacial score (nSPS) is 22.8. The summed E-state index contributed by atoms with van der Waals surface area (Å²) in [5.41, 5.74) is 5.53. The zero-order valence-electron chi connectivity index (χ0n) is 11.3. The Bertz CT molecular complexity index is 382. The molecule has 2 heterocycles. The molecule has 0 saturated carbocycles. The van der Waals surface area contributed by atoms with Crippen LogP contribution < -0.4 is 5.73 Å². The summed E-state index contributed by atoms with van der Waals surface area (Å²) in [5, 5.41) is 8.90. The van der Waals surface area contributed by atoms with Crippen LogP contribution in [0.5, 0.6) is 0 Å². The maximum Gasteiger partial charge on any atom is 0.242 e. The number of likely N-dealkylation sites (tertiary alicyclic amines) is 1. The van der Waals surface area contributed by atoms with Crippen molar-refractivity contribution in [3.8, 4) is 0 Å². The molecular weight excluding hydrogens is 266 g/mol. The lowest BCUT2D eigenvalue weighted by Crippen LogP contribution is -2.70. The molecule has 108 valence electrons. The molecule has 2 amide bonds. The topological polar surface area (TPSA) is 86.9 Å². The Balaban J connectivity index is 2.00. The van der Waals surface area contributed by atoms with Gasteiger partial charge in [0, 0.05) is 18.2 Å². The van der Waals surface area contributed by atoms with E-state index < -0.39 is 6.04 Å². The third kappa shape index (κ3) is 2.46. The molecule has 1 atom stereocenters. The smallest absolute Gasteiger partial charge is 0.242 e. The van der Waals surface area contributed by atoms with Crippen LogP contribution in [0.1, 0.15) is 13.8 Å². The maximum atomic E-state index is 12.2. The molecule has 3 N–H and O–H groups in total. The molecule has 2 rings (SSSR count). The first-order chi connectivity index (χ1) is 8.91. The van der Waals surface area contributed by atoms with E-state index >= 15 is 0 Å². The Kier molecular flexibility index (Phi) is 4.08. The molecule has 0 unspecified atom stereocenters. The summed E-state index contributed by atoms with van der Waals surface area (Å²) in [4.78, 5) is 27.3. The van der Waals surface area contributed by atoms with Crippen LogP contribution in [0.25, 0.3) is 0 Å². The Morgan fingerprint density at radius 1 is 1.37 bits per heavy atom. The van der Waals surface area contributed by atoms with Gasteiger partial charge < -0.3 is 20.6 Å². The molecule has 0 aromatic carbocycles. The Morgan fingerprint density at radius 3 is 2.53 bits per heavy atom. The van der Waals surface area contributed by atoms with Crippen LogP contribution in [-0.2, 0) is 9.59 Å². The predicted molar refractivity (Wildman–Crippen MR) is 73.4 cm³/mol. The van der Waals surface area contributed by atoms with Crippen LogP contribution in [0.15, 0.2) is 0 Å². The molecule has 7 heteroatoms. The number of aliphatic hydroxyl groups is 1. The van der Waals surface area contributed by atoms with Gasteiger partial charge in [-0.25, -0.2) is 0 Å². The van der Waals surface area contributed by atoms with E-state index in [2.05, 4.69) is 0 Å². The molecule has 2 aliphatic heterocycles. The Morgan fingerprint density at radius 2 is 2.00 bits per heavy atom. The molecule has 2 saturated heterocycles. The van der Waals surface area contributed by atoms with Gasteiger partial charge in [0.1, 0.15) is 10.9 Å². The maximum absolute atomic E-state index is 12.2. The van der Waals surface area contributed by atoms with Gasteiger partial charge in [0.05, 0.1) is 19.7 Å². The van der Waals surface area contributed by atoms with Crippen LogP contribution in [0.2, 0.25) is 0 Å².